The fourth-order valence-electron chi connectivity index (χ4n) is 2.80. The molecule has 0 bridgehead atoms. The van der Waals surface area contributed by atoms with E-state index < -0.39 is 0 Å². The van der Waals surface area contributed by atoms with Gasteiger partial charge in [0, 0.05) is 37.7 Å². The van der Waals surface area contributed by atoms with Gasteiger partial charge in [-0.15, -0.1) is 11.3 Å². The van der Waals surface area contributed by atoms with Gasteiger partial charge < -0.3 is 10.3 Å². The van der Waals surface area contributed by atoms with Crippen LogP contribution in [0, 0.1) is 0 Å². The molecule has 124 valence electrons. The first-order valence-corrected chi connectivity index (χ1v) is 9.14. The molecule has 0 saturated heterocycles. The summed E-state index contributed by atoms with van der Waals surface area (Å²) in [5, 5.41) is 6.72. The standard InChI is InChI=1S/C20H15ClN2OS/c21-15-6-7-18-14(9-15)11-19(23-18)13-3-1-4-16(10-13)22-20(24)12-17-5-2-8-25-17/h1-11,23H,12H2,(H,22,24). The van der Waals surface area contributed by atoms with Crippen LogP contribution in [0.3, 0.4) is 0 Å². The topological polar surface area (TPSA) is 44.9 Å². The Kier molecular flexibility index (Phi) is 4.30. The van der Waals surface area contributed by atoms with Gasteiger partial charge in [-0.2, -0.15) is 0 Å². The highest BCUT2D eigenvalue weighted by atomic mass is 35.5. The van der Waals surface area contributed by atoms with Crippen molar-refractivity contribution in [2.75, 3.05) is 5.32 Å². The molecule has 1 amide bonds. The van der Waals surface area contributed by atoms with E-state index in [1.807, 2.05) is 60.0 Å². The van der Waals surface area contributed by atoms with E-state index >= 15 is 0 Å². The lowest BCUT2D eigenvalue weighted by Crippen LogP contribution is -2.13. The normalized spacial score (nSPS) is 10.9. The van der Waals surface area contributed by atoms with Crippen LogP contribution in [0.1, 0.15) is 4.88 Å². The number of halogens is 1. The van der Waals surface area contributed by atoms with Gasteiger partial charge in [0.15, 0.2) is 0 Å². The second-order valence-electron chi connectivity index (χ2n) is 5.80. The van der Waals surface area contributed by atoms with Crippen molar-refractivity contribution >= 4 is 45.4 Å². The zero-order valence-corrected chi connectivity index (χ0v) is 14.8. The number of nitrogens with one attached hydrogen (secondary N) is 2. The molecule has 0 aliphatic rings. The van der Waals surface area contributed by atoms with E-state index in [0.29, 0.717) is 11.4 Å². The van der Waals surface area contributed by atoms with Crippen molar-refractivity contribution in [1.82, 2.24) is 4.98 Å². The van der Waals surface area contributed by atoms with Crippen LogP contribution in [0.4, 0.5) is 5.69 Å². The second kappa shape index (κ2) is 6.75. The molecule has 0 spiro atoms. The minimum absolute atomic E-state index is 0.0111. The van der Waals surface area contributed by atoms with Gasteiger partial charge in [-0.3, -0.25) is 4.79 Å². The summed E-state index contributed by atoms with van der Waals surface area (Å²) in [6.07, 6.45) is 0.396. The number of fused-ring (bicyclic) bond motifs is 1. The Morgan fingerprint density at radius 1 is 1.08 bits per heavy atom. The van der Waals surface area contributed by atoms with Crippen molar-refractivity contribution in [2.45, 2.75) is 6.42 Å². The van der Waals surface area contributed by atoms with E-state index in [0.717, 1.165) is 32.7 Å². The Morgan fingerprint density at radius 2 is 2.00 bits per heavy atom. The number of carbonyl (C=O) groups excluding carboxylic acids is 1. The number of benzene rings is 2. The highest BCUT2D eigenvalue weighted by Gasteiger charge is 2.08. The average Bonchev–Trinajstić information content (AvgIpc) is 3.24. The van der Waals surface area contributed by atoms with Crippen LogP contribution >= 0.6 is 22.9 Å². The lowest BCUT2D eigenvalue weighted by molar-refractivity contribution is -0.115. The molecule has 0 atom stereocenters. The van der Waals surface area contributed by atoms with Crippen LogP contribution < -0.4 is 5.32 Å². The molecular weight excluding hydrogens is 352 g/mol. The summed E-state index contributed by atoms with van der Waals surface area (Å²) in [6, 6.07) is 19.6. The third-order valence-electron chi connectivity index (χ3n) is 3.96. The molecule has 3 nitrogen and oxygen atoms in total. The summed E-state index contributed by atoms with van der Waals surface area (Å²) < 4.78 is 0. The summed E-state index contributed by atoms with van der Waals surface area (Å²) in [4.78, 5) is 16.6. The maximum absolute atomic E-state index is 12.2. The molecule has 0 unspecified atom stereocenters. The van der Waals surface area contributed by atoms with Crippen molar-refractivity contribution < 1.29 is 4.79 Å². The third kappa shape index (κ3) is 3.60. The minimum atomic E-state index is -0.0111. The number of carbonyl (C=O) groups is 1. The first-order chi connectivity index (χ1) is 12.2. The van der Waals surface area contributed by atoms with Gasteiger partial charge in [-0.05, 0) is 47.8 Å². The van der Waals surface area contributed by atoms with Crippen molar-refractivity contribution in [2.24, 2.45) is 0 Å². The number of aromatic amines is 1. The summed E-state index contributed by atoms with van der Waals surface area (Å²) in [5.41, 5.74) is 3.83. The number of amides is 1. The van der Waals surface area contributed by atoms with Gasteiger partial charge >= 0.3 is 0 Å². The van der Waals surface area contributed by atoms with Crippen LogP contribution in [0.15, 0.2) is 66.0 Å². The first-order valence-electron chi connectivity index (χ1n) is 7.88. The number of H-pyrrole nitrogens is 1. The Morgan fingerprint density at radius 3 is 2.84 bits per heavy atom. The Labute approximate surface area is 154 Å². The number of aromatic nitrogens is 1. The van der Waals surface area contributed by atoms with E-state index in [2.05, 4.69) is 16.4 Å². The smallest absolute Gasteiger partial charge is 0.229 e. The van der Waals surface area contributed by atoms with Gasteiger partial charge in [-0.1, -0.05) is 29.8 Å². The Hall–Kier alpha value is -2.56. The van der Waals surface area contributed by atoms with Crippen LogP contribution in [-0.2, 0) is 11.2 Å². The molecule has 2 aromatic carbocycles. The van der Waals surface area contributed by atoms with Gasteiger partial charge in [0.05, 0.1) is 6.42 Å². The van der Waals surface area contributed by atoms with Crippen molar-refractivity contribution in [3.05, 3.63) is 75.9 Å². The van der Waals surface area contributed by atoms with Crippen LogP contribution in [-0.4, -0.2) is 10.9 Å². The van der Waals surface area contributed by atoms with E-state index in [-0.39, 0.29) is 5.91 Å². The van der Waals surface area contributed by atoms with Crippen LogP contribution in [0.5, 0.6) is 0 Å². The zero-order valence-electron chi connectivity index (χ0n) is 13.3. The molecule has 25 heavy (non-hydrogen) atoms. The Balaban J connectivity index is 1.56. The fraction of sp³-hybridized carbons (Fsp3) is 0.0500. The third-order valence-corrected chi connectivity index (χ3v) is 5.07. The first kappa shape index (κ1) is 15.9. The van der Waals surface area contributed by atoms with Crippen LogP contribution in [0.25, 0.3) is 22.2 Å². The molecular formula is C20H15ClN2OS. The lowest BCUT2D eigenvalue weighted by Gasteiger charge is -2.06. The van der Waals surface area contributed by atoms with Crippen molar-refractivity contribution in [3.63, 3.8) is 0 Å². The van der Waals surface area contributed by atoms with E-state index in [1.165, 1.54) is 0 Å². The average molecular weight is 367 g/mol. The molecule has 0 saturated carbocycles. The zero-order chi connectivity index (χ0) is 17.2. The highest BCUT2D eigenvalue weighted by molar-refractivity contribution is 7.10. The van der Waals surface area contributed by atoms with Crippen molar-refractivity contribution in [3.8, 4) is 11.3 Å². The quantitative estimate of drug-likeness (QED) is 0.476. The molecule has 0 aliphatic carbocycles. The SMILES string of the molecule is O=C(Cc1cccs1)Nc1cccc(-c2cc3cc(Cl)ccc3[nH]2)c1. The van der Waals surface area contributed by atoms with Crippen LogP contribution in [0.2, 0.25) is 5.02 Å². The molecule has 4 aromatic rings. The predicted molar refractivity (Wildman–Crippen MR) is 105 cm³/mol. The monoisotopic (exact) mass is 366 g/mol. The number of hydrogen-bond acceptors (Lipinski definition) is 2. The van der Waals surface area contributed by atoms with E-state index in [4.69, 9.17) is 11.6 Å². The van der Waals surface area contributed by atoms with Gasteiger partial charge in [-0.25, -0.2) is 0 Å². The van der Waals surface area contributed by atoms with Gasteiger partial charge in [0.2, 0.25) is 5.91 Å². The highest BCUT2D eigenvalue weighted by Crippen LogP contribution is 2.27. The Bertz CT molecular complexity index is 1040. The molecule has 4 rings (SSSR count). The number of thiophene rings is 1. The molecule has 2 aromatic heterocycles. The van der Waals surface area contributed by atoms with Crippen molar-refractivity contribution in [1.29, 1.82) is 0 Å². The summed E-state index contributed by atoms with van der Waals surface area (Å²) in [6.45, 7) is 0. The summed E-state index contributed by atoms with van der Waals surface area (Å²) >= 11 is 7.64. The number of anilines is 1. The molecule has 0 aliphatic heterocycles. The summed E-state index contributed by atoms with van der Waals surface area (Å²) in [5.74, 6) is -0.0111. The van der Waals surface area contributed by atoms with Gasteiger partial charge in [0.25, 0.3) is 0 Å². The largest absolute Gasteiger partial charge is 0.355 e. The van der Waals surface area contributed by atoms with E-state index in [9.17, 15) is 4.79 Å². The minimum Gasteiger partial charge on any atom is -0.355 e. The van der Waals surface area contributed by atoms with Gasteiger partial charge in [0.1, 0.15) is 0 Å². The predicted octanol–water partition coefficient (Wildman–Crippen LogP) is 5.73. The molecule has 2 heterocycles. The molecule has 0 radical (unpaired) electrons. The number of hydrogen-bond donors (Lipinski definition) is 2. The molecule has 5 heteroatoms. The molecule has 2 N–H and O–H groups in total. The maximum atomic E-state index is 12.2. The summed E-state index contributed by atoms with van der Waals surface area (Å²) in [7, 11) is 0. The molecule has 0 fully saturated rings. The fourth-order valence-corrected chi connectivity index (χ4v) is 3.68. The maximum Gasteiger partial charge on any atom is 0.229 e. The lowest BCUT2D eigenvalue weighted by atomic mass is 10.1. The van der Waals surface area contributed by atoms with E-state index in [1.54, 1.807) is 11.3 Å². The number of rotatable bonds is 4. The second-order valence-corrected chi connectivity index (χ2v) is 7.27.